The van der Waals surface area contributed by atoms with Crippen molar-refractivity contribution in [2.24, 2.45) is 0 Å². The van der Waals surface area contributed by atoms with Gasteiger partial charge >= 0.3 is 40.5 Å². The van der Waals surface area contributed by atoms with Gasteiger partial charge in [-0.05, 0) is 51.9 Å². The third-order valence-electron chi connectivity index (χ3n) is 5.06. The lowest BCUT2D eigenvalue weighted by molar-refractivity contribution is -0.432. The van der Waals surface area contributed by atoms with Gasteiger partial charge in [0.05, 0.1) is 5.56 Å². The van der Waals surface area contributed by atoms with E-state index < -0.39 is 11.9 Å². The Morgan fingerprint density at radius 1 is 0.676 bits per heavy atom. The first-order valence-electron chi connectivity index (χ1n) is 10.5. The molecule has 1 heterocycles. The number of halogens is 2. The van der Waals surface area contributed by atoms with Gasteiger partial charge in [0.2, 0.25) is 5.69 Å². The Balaban J connectivity index is 1.68. The molecule has 3 aromatic carbocycles. The first-order valence-corrected chi connectivity index (χ1v) is 12.5. The van der Waals surface area contributed by atoms with Crippen molar-refractivity contribution in [2.45, 2.75) is 13.2 Å². The fraction of sp³-hybridized carbons (Fsp3) is 0.0741. The normalized spacial score (nSPS) is 10.5. The molecule has 0 aliphatic carbocycles. The van der Waals surface area contributed by atoms with Crippen LogP contribution >= 0.6 is 45.5 Å². The molecule has 0 aliphatic heterocycles. The van der Waals surface area contributed by atoms with Crippen LogP contribution in [-0.2, 0) is 22.7 Å². The van der Waals surface area contributed by atoms with Crippen molar-refractivity contribution in [1.29, 1.82) is 0 Å². The number of hydrogen-bond donors (Lipinski definition) is 0. The van der Waals surface area contributed by atoms with Crippen LogP contribution in [0.25, 0.3) is 11.3 Å². The molecule has 0 saturated carbocycles. The minimum Gasteiger partial charge on any atom is -0.457 e. The van der Waals surface area contributed by atoms with E-state index in [9.17, 15) is 9.59 Å². The summed E-state index contributed by atoms with van der Waals surface area (Å²) in [5.41, 5.74) is 3.72. The lowest BCUT2D eigenvalue weighted by Crippen LogP contribution is -2.36. The molecule has 7 heteroatoms. The molecule has 170 valence electrons. The van der Waals surface area contributed by atoms with Gasteiger partial charge in [0.1, 0.15) is 18.8 Å². The highest BCUT2D eigenvalue weighted by Gasteiger charge is 2.33. The quantitative estimate of drug-likeness (QED) is 0.174. The molecule has 5 nitrogen and oxygen atoms in total. The minimum absolute atomic E-state index is 0.0991. The Kier molecular flexibility index (Phi) is 8.28. The molecule has 0 radical (unpaired) electrons. The van der Waals surface area contributed by atoms with Crippen molar-refractivity contribution >= 4 is 57.4 Å². The molecule has 0 spiro atoms. The summed E-state index contributed by atoms with van der Waals surface area (Å²) >= 11 is 4.29. The molecule has 0 unspecified atom stereocenters. The van der Waals surface area contributed by atoms with Gasteiger partial charge in [-0.1, -0.05) is 72.8 Å². The van der Waals surface area contributed by atoms with Crippen molar-refractivity contribution in [3.63, 3.8) is 0 Å². The average Bonchev–Trinajstić information content (AvgIpc) is 2.87. The van der Waals surface area contributed by atoms with Crippen LogP contribution in [0.2, 0.25) is 0 Å². The second kappa shape index (κ2) is 11.6. The van der Waals surface area contributed by atoms with Gasteiger partial charge in [-0.3, -0.25) is 0 Å². The molecule has 0 aliphatic rings. The Morgan fingerprint density at radius 3 is 1.79 bits per heavy atom. The highest BCUT2D eigenvalue weighted by atomic mass is 127. The number of esters is 2. The van der Waals surface area contributed by atoms with E-state index in [4.69, 9.17) is 9.47 Å². The summed E-state index contributed by atoms with van der Waals surface area (Å²) in [6.45, 7) is 0.208. The predicted molar refractivity (Wildman–Crippen MR) is 145 cm³/mol. The lowest BCUT2D eigenvalue weighted by atomic mass is 10.1. The second-order valence-electron chi connectivity index (χ2n) is 7.36. The lowest BCUT2D eigenvalue weighted by Gasteiger charge is -2.10. The van der Waals surface area contributed by atoms with Crippen LogP contribution in [-0.4, -0.2) is 11.9 Å². The largest absolute Gasteiger partial charge is 0.457 e. The molecular weight excluding hydrogens is 656 g/mol. The smallest absolute Gasteiger partial charge is 0.405 e. The number of hydrogen-bond acceptors (Lipinski definition) is 4. The van der Waals surface area contributed by atoms with Gasteiger partial charge in [-0.2, -0.15) is 0 Å². The first-order chi connectivity index (χ1) is 16.5. The molecular formula is C27H20I2NO4+. The molecule has 4 rings (SSSR count). The Bertz CT molecular complexity index is 1310. The van der Waals surface area contributed by atoms with Crippen LogP contribution in [0, 0.1) is 3.57 Å². The molecule has 0 fully saturated rings. The third kappa shape index (κ3) is 5.82. The molecule has 4 aromatic rings. The molecule has 34 heavy (non-hydrogen) atoms. The van der Waals surface area contributed by atoms with Gasteiger partial charge in [-0.25, -0.2) is 9.59 Å². The summed E-state index contributed by atoms with van der Waals surface area (Å²) in [7, 11) is 0. The summed E-state index contributed by atoms with van der Waals surface area (Å²) < 4.78 is 13.8. The van der Waals surface area contributed by atoms with Crippen LogP contribution in [0.5, 0.6) is 0 Å². The minimum atomic E-state index is -0.599. The average molecular weight is 676 g/mol. The maximum Gasteiger partial charge on any atom is 0.405 e. The molecule has 1 aromatic heterocycles. The van der Waals surface area contributed by atoms with Crippen LogP contribution in [0.4, 0.5) is 0 Å². The topological polar surface area (TPSA) is 56.5 Å². The maximum absolute atomic E-state index is 13.2. The first kappa shape index (κ1) is 24.3. The fourth-order valence-electron chi connectivity index (χ4n) is 3.34. The number of benzene rings is 3. The number of ether oxygens (including phenoxy) is 2. The molecule has 0 atom stereocenters. The predicted octanol–water partition coefficient (Wildman–Crippen LogP) is 6.16. The summed E-state index contributed by atoms with van der Waals surface area (Å²) in [4.78, 5) is 26.3. The summed E-state index contributed by atoms with van der Waals surface area (Å²) in [6, 6.07) is 30.1. The van der Waals surface area contributed by atoms with Crippen LogP contribution in [0.3, 0.4) is 0 Å². The van der Waals surface area contributed by atoms with Crippen molar-refractivity contribution < 1.29 is 21.8 Å². The SMILES string of the molecule is O=C(OCc1ccccc1)c1ccc(-c2ccccc2I)[n+](I)c1C(=O)OCc1ccccc1. The fourth-order valence-corrected chi connectivity index (χ4v) is 4.89. The van der Waals surface area contributed by atoms with E-state index in [1.165, 1.54) is 0 Å². The number of nitrogens with zero attached hydrogens (tertiary/aromatic N) is 1. The van der Waals surface area contributed by atoms with E-state index in [0.29, 0.717) is 0 Å². The number of carbonyl (C=O) groups excluding carboxylic acids is 2. The van der Waals surface area contributed by atoms with Gasteiger partial charge in [0, 0.05) is 9.64 Å². The Hall–Kier alpha value is -2.79. The van der Waals surface area contributed by atoms with E-state index in [1.54, 1.807) is 8.85 Å². The maximum atomic E-state index is 13.2. The number of aromatic nitrogens is 1. The van der Waals surface area contributed by atoms with Crippen LogP contribution in [0.1, 0.15) is 32.0 Å². The van der Waals surface area contributed by atoms with E-state index in [1.807, 2.05) is 114 Å². The summed E-state index contributed by atoms with van der Waals surface area (Å²) in [5.74, 6) is -1.19. The number of rotatable bonds is 7. The van der Waals surface area contributed by atoms with Crippen molar-refractivity contribution in [1.82, 2.24) is 0 Å². The number of carbonyl (C=O) groups is 2. The van der Waals surface area contributed by atoms with Crippen molar-refractivity contribution in [3.05, 3.63) is 123 Å². The number of pyridine rings is 1. The molecule has 0 bridgehead atoms. The zero-order valence-electron chi connectivity index (χ0n) is 18.0. The zero-order valence-corrected chi connectivity index (χ0v) is 22.3. The van der Waals surface area contributed by atoms with E-state index in [-0.39, 0.29) is 24.5 Å². The standard InChI is InChI=1S/C27H20I2NO4/c28-23-14-8-7-13-21(23)24-16-15-22(26(31)33-17-19-9-3-1-4-10-19)25(30(24)29)27(32)34-18-20-11-5-2-6-12-20/h1-16H,17-18H2/q+1. The zero-order chi connectivity index (χ0) is 23.9. The molecule has 0 amide bonds. The highest BCUT2D eigenvalue weighted by molar-refractivity contribution is 14.1. The molecule has 0 saturated heterocycles. The van der Waals surface area contributed by atoms with Crippen molar-refractivity contribution in [2.75, 3.05) is 0 Å². The third-order valence-corrected chi connectivity index (χ3v) is 7.00. The van der Waals surface area contributed by atoms with Crippen molar-refractivity contribution in [3.8, 4) is 11.3 Å². The Labute approximate surface area is 225 Å². The van der Waals surface area contributed by atoms with Gasteiger partial charge in [0.15, 0.2) is 0 Å². The van der Waals surface area contributed by atoms with E-state index >= 15 is 0 Å². The van der Waals surface area contributed by atoms with Gasteiger partial charge in [-0.15, -0.1) is 2.78 Å². The monoisotopic (exact) mass is 676 g/mol. The van der Waals surface area contributed by atoms with Crippen LogP contribution in [0.15, 0.2) is 97.1 Å². The summed E-state index contributed by atoms with van der Waals surface area (Å²) in [5, 5.41) is 0. The van der Waals surface area contributed by atoms with E-state index in [0.717, 1.165) is 26.0 Å². The Morgan fingerprint density at radius 2 is 1.21 bits per heavy atom. The second-order valence-corrected chi connectivity index (χ2v) is 9.49. The van der Waals surface area contributed by atoms with Gasteiger partial charge < -0.3 is 9.47 Å². The summed E-state index contributed by atoms with van der Waals surface area (Å²) in [6.07, 6.45) is 0. The van der Waals surface area contributed by atoms with Gasteiger partial charge in [0.25, 0.3) is 0 Å². The highest BCUT2D eigenvalue weighted by Crippen LogP contribution is 2.25. The van der Waals surface area contributed by atoms with Crippen LogP contribution < -0.4 is 2.78 Å². The van der Waals surface area contributed by atoms with E-state index in [2.05, 4.69) is 22.6 Å². The molecule has 0 N–H and O–H groups in total.